The molecule has 0 radical (unpaired) electrons. The number of rotatable bonds is 3. The smallest absolute Gasteiger partial charge is 0.271 e. The van der Waals surface area contributed by atoms with Gasteiger partial charge in [0.25, 0.3) is 11.5 Å². The van der Waals surface area contributed by atoms with E-state index < -0.39 is 0 Å². The molecule has 3 rings (SSSR count). The molecule has 1 N–H and O–H groups in total. The quantitative estimate of drug-likeness (QED) is 0.943. The van der Waals surface area contributed by atoms with Gasteiger partial charge in [-0.25, -0.2) is 0 Å². The third kappa shape index (κ3) is 2.93. The molecular formula is C17H22N4O2. The van der Waals surface area contributed by atoms with Gasteiger partial charge in [-0.1, -0.05) is 19.9 Å². The van der Waals surface area contributed by atoms with E-state index in [1.54, 1.807) is 15.7 Å². The lowest BCUT2D eigenvalue weighted by atomic mass is 10.1. The summed E-state index contributed by atoms with van der Waals surface area (Å²) in [6.07, 6.45) is 2.60. The van der Waals surface area contributed by atoms with Crippen molar-refractivity contribution in [3.05, 3.63) is 51.7 Å². The number of aromatic nitrogens is 3. The number of likely N-dealkylation sites (tertiary alicyclic amines) is 1. The normalized spacial score (nSPS) is 17.9. The number of hydrogen-bond acceptors (Lipinski definition) is 3. The number of hydrogen-bond donors (Lipinski definition) is 1. The van der Waals surface area contributed by atoms with Crippen LogP contribution in [0.3, 0.4) is 0 Å². The van der Waals surface area contributed by atoms with Crippen molar-refractivity contribution in [1.29, 1.82) is 0 Å². The van der Waals surface area contributed by atoms with Gasteiger partial charge < -0.3 is 9.47 Å². The number of aromatic amines is 1. The Morgan fingerprint density at radius 1 is 1.43 bits per heavy atom. The summed E-state index contributed by atoms with van der Waals surface area (Å²) in [4.78, 5) is 26.6. The first kappa shape index (κ1) is 15.5. The van der Waals surface area contributed by atoms with Crippen LogP contribution in [0.5, 0.6) is 0 Å². The molecule has 2 aromatic rings. The molecule has 2 aromatic heterocycles. The lowest BCUT2D eigenvalue weighted by molar-refractivity contribution is 0.0781. The fourth-order valence-corrected chi connectivity index (χ4v) is 2.98. The van der Waals surface area contributed by atoms with Crippen LogP contribution in [0.15, 0.2) is 29.2 Å². The van der Waals surface area contributed by atoms with E-state index >= 15 is 0 Å². The summed E-state index contributed by atoms with van der Waals surface area (Å²) >= 11 is 0. The van der Waals surface area contributed by atoms with Crippen molar-refractivity contribution in [3.8, 4) is 0 Å². The highest BCUT2D eigenvalue weighted by molar-refractivity contribution is 5.92. The van der Waals surface area contributed by atoms with Gasteiger partial charge in [-0.15, -0.1) is 0 Å². The summed E-state index contributed by atoms with van der Waals surface area (Å²) in [5.74, 6) is 0.234. The number of carbonyl (C=O) groups excluding carboxylic acids is 1. The maximum absolute atomic E-state index is 12.6. The second-order valence-electron chi connectivity index (χ2n) is 6.46. The van der Waals surface area contributed by atoms with E-state index in [0.717, 1.165) is 17.7 Å². The molecule has 0 bridgehead atoms. The van der Waals surface area contributed by atoms with Crippen molar-refractivity contribution < 1.29 is 4.79 Å². The molecule has 0 aliphatic carbocycles. The zero-order valence-electron chi connectivity index (χ0n) is 13.7. The molecule has 6 nitrogen and oxygen atoms in total. The van der Waals surface area contributed by atoms with Gasteiger partial charge in [-0.2, -0.15) is 5.10 Å². The lowest BCUT2D eigenvalue weighted by Gasteiger charge is -2.17. The molecule has 1 saturated heterocycles. The summed E-state index contributed by atoms with van der Waals surface area (Å²) in [6, 6.07) is 5.55. The Kier molecular flexibility index (Phi) is 4.07. The van der Waals surface area contributed by atoms with Gasteiger partial charge in [0.15, 0.2) is 0 Å². The van der Waals surface area contributed by atoms with Crippen LogP contribution in [0, 0.1) is 6.92 Å². The Morgan fingerprint density at radius 3 is 2.91 bits per heavy atom. The van der Waals surface area contributed by atoms with E-state index in [1.807, 2.05) is 39.0 Å². The van der Waals surface area contributed by atoms with Crippen molar-refractivity contribution in [2.45, 2.75) is 39.2 Å². The molecule has 1 amide bonds. The molecule has 0 aromatic carbocycles. The second-order valence-corrected chi connectivity index (χ2v) is 6.46. The maximum atomic E-state index is 12.6. The van der Waals surface area contributed by atoms with Crippen LogP contribution in [0.25, 0.3) is 0 Å². The number of amides is 1. The lowest BCUT2D eigenvalue weighted by Crippen LogP contribution is -2.31. The average Bonchev–Trinajstić information content (AvgIpc) is 3.18. The SMILES string of the molecule is Cc1cccn(C2CCN(C(=O)c3cc(C(C)C)n[nH]3)C2)c1=O. The van der Waals surface area contributed by atoms with E-state index in [4.69, 9.17) is 0 Å². The summed E-state index contributed by atoms with van der Waals surface area (Å²) in [6.45, 7) is 7.10. The Morgan fingerprint density at radius 2 is 2.22 bits per heavy atom. The minimum Gasteiger partial charge on any atom is -0.335 e. The number of carbonyl (C=O) groups is 1. The zero-order valence-corrected chi connectivity index (χ0v) is 13.7. The highest BCUT2D eigenvalue weighted by Gasteiger charge is 2.29. The van der Waals surface area contributed by atoms with Gasteiger partial charge in [-0.3, -0.25) is 14.7 Å². The van der Waals surface area contributed by atoms with Gasteiger partial charge in [0.1, 0.15) is 5.69 Å². The van der Waals surface area contributed by atoms with Crippen LogP contribution in [0.2, 0.25) is 0 Å². The molecule has 1 unspecified atom stereocenters. The fourth-order valence-electron chi connectivity index (χ4n) is 2.98. The molecule has 23 heavy (non-hydrogen) atoms. The third-order valence-corrected chi connectivity index (χ3v) is 4.43. The molecule has 122 valence electrons. The number of aryl methyl sites for hydroxylation is 1. The van der Waals surface area contributed by atoms with Crippen molar-refractivity contribution in [1.82, 2.24) is 19.7 Å². The Hall–Kier alpha value is -2.37. The summed E-state index contributed by atoms with van der Waals surface area (Å²) < 4.78 is 1.75. The zero-order chi connectivity index (χ0) is 16.6. The predicted octanol–water partition coefficient (Wildman–Crippen LogP) is 2.09. The molecule has 3 heterocycles. The van der Waals surface area contributed by atoms with Crippen LogP contribution in [0.1, 0.15) is 54.0 Å². The van der Waals surface area contributed by atoms with Crippen molar-refractivity contribution in [2.75, 3.05) is 13.1 Å². The number of nitrogens with one attached hydrogen (secondary N) is 1. The minimum atomic E-state index is -0.0485. The number of pyridine rings is 1. The Bertz CT molecular complexity index is 775. The van der Waals surface area contributed by atoms with E-state index in [1.165, 1.54) is 0 Å². The third-order valence-electron chi connectivity index (χ3n) is 4.43. The number of nitrogens with zero attached hydrogens (tertiary/aromatic N) is 3. The first-order chi connectivity index (χ1) is 11.0. The molecule has 1 fully saturated rings. The average molecular weight is 314 g/mol. The topological polar surface area (TPSA) is 71.0 Å². The Balaban J connectivity index is 1.75. The number of H-pyrrole nitrogens is 1. The van der Waals surface area contributed by atoms with E-state index in [0.29, 0.717) is 18.8 Å². The summed E-state index contributed by atoms with van der Waals surface area (Å²) in [5, 5.41) is 7.01. The van der Waals surface area contributed by atoms with Crippen molar-refractivity contribution in [3.63, 3.8) is 0 Å². The molecule has 1 atom stereocenters. The van der Waals surface area contributed by atoms with Crippen molar-refractivity contribution >= 4 is 5.91 Å². The molecular weight excluding hydrogens is 292 g/mol. The maximum Gasteiger partial charge on any atom is 0.271 e. The van der Waals surface area contributed by atoms with Gasteiger partial charge in [0.05, 0.1) is 11.7 Å². The van der Waals surface area contributed by atoms with Crippen LogP contribution in [0.4, 0.5) is 0 Å². The Labute approximate surface area is 135 Å². The predicted molar refractivity (Wildman–Crippen MR) is 87.7 cm³/mol. The van der Waals surface area contributed by atoms with Crippen molar-refractivity contribution in [2.24, 2.45) is 0 Å². The van der Waals surface area contributed by atoms with Crippen LogP contribution in [-0.2, 0) is 0 Å². The monoisotopic (exact) mass is 314 g/mol. The van der Waals surface area contributed by atoms with E-state index in [9.17, 15) is 9.59 Å². The van der Waals surface area contributed by atoms with Gasteiger partial charge in [0, 0.05) is 24.8 Å². The molecule has 1 aliphatic rings. The molecule has 0 spiro atoms. The van der Waals surface area contributed by atoms with Gasteiger partial charge in [0.2, 0.25) is 0 Å². The van der Waals surface area contributed by atoms with E-state index in [-0.39, 0.29) is 23.4 Å². The standard InChI is InChI=1S/C17H22N4O2/c1-11(2)14-9-15(19-18-14)17(23)20-8-6-13(10-20)21-7-4-5-12(3)16(21)22/h4-5,7,9,11,13H,6,8,10H2,1-3H3,(H,18,19). The van der Waals surface area contributed by atoms with Crippen LogP contribution in [-0.4, -0.2) is 38.7 Å². The van der Waals surface area contributed by atoms with E-state index in [2.05, 4.69) is 10.2 Å². The second kappa shape index (κ2) is 6.02. The first-order valence-corrected chi connectivity index (χ1v) is 7.99. The highest BCUT2D eigenvalue weighted by Crippen LogP contribution is 2.22. The fraction of sp³-hybridized carbons (Fsp3) is 0.471. The highest BCUT2D eigenvalue weighted by atomic mass is 16.2. The largest absolute Gasteiger partial charge is 0.335 e. The van der Waals surface area contributed by atoms with Crippen LogP contribution >= 0.6 is 0 Å². The molecule has 1 aliphatic heterocycles. The summed E-state index contributed by atoms with van der Waals surface area (Å²) in [7, 11) is 0. The minimum absolute atomic E-state index is 0.0235. The molecule has 6 heteroatoms. The summed E-state index contributed by atoms with van der Waals surface area (Å²) in [5.41, 5.74) is 2.16. The van der Waals surface area contributed by atoms with Gasteiger partial charge >= 0.3 is 0 Å². The molecule has 0 saturated carbocycles. The van der Waals surface area contributed by atoms with Crippen LogP contribution < -0.4 is 5.56 Å². The van der Waals surface area contributed by atoms with Gasteiger partial charge in [-0.05, 0) is 31.4 Å². The first-order valence-electron chi connectivity index (χ1n) is 7.99.